The van der Waals surface area contributed by atoms with E-state index in [-0.39, 0.29) is 11.3 Å². The van der Waals surface area contributed by atoms with Crippen molar-refractivity contribution in [3.05, 3.63) is 57.6 Å². The van der Waals surface area contributed by atoms with Gasteiger partial charge in [-0.05, 0) is 53.7 Å². The van der Waals surface area contributed by atoms with Gasteiger partial charge < -0.3 is 9.05 Å². The summed E-state index contributed by atoms with van der Waals surface area (Å²) in [6.07, 6.45) is 1.98. The zero-order valence-electron chi connectivity index (χ0n) is 20.6. The van der Waals surface area contributed by atoms with E-state index in [2.05, 4.69) is 79.7 Å². The zero-order chi connectivity index (χ0) is 23.1. The van der Waals surface area contributed by atoms with E-state index in [0.29, 0.717) is 23.3 Å². The molecule has 0 N–H and O–H groups in total. The second-order valence-corrected chi connectivity index (χ2v) is 11.7. The molecule has 1 heterocycles. The third-order valence-electron chi connectivity index (χ3n) is 5.90. The normalized spacial score (nSPS) is 18.7. The minimum absolute atomic E-state index is 0.0488. The van der Waals surface area contributed by atoms with E-state index in [9.17, 15) is 0 Å². The summed E-state index contributed by atoms with van der Waals surface area (Å²) in [7, 11) is -2.56. The molecule has 0 saturated carbocycles. The second kappa shape index (κ2) is 9.10. The number of fused-ring (bicyclic) bond motifs is 2. The summed E-state index contributed by atoms with van der Waals surface area (Å²) >= 11 is 0. The topological polar surface area (TPSA) is 18.5 Å². The molecule has 1 aliphatic heterocycles. The number of rotatable bonds is 4. The zero-order valence-corrected chi connectivity index (χ0v) is 21.5. The monoisotopic (exact) mass is 444 g/mol. The summed E-state index contributed by atoms with van der Waals surface area (Å²) in [6, 6.07) is 8.79. The van der Waals surface area contributed by atoms with Gasteiger partial charge in [0.05, 0.1) is 0 Å². The van der Waals surface area contributed by atoms with Gasteiger partial charge in [0.1, 0.15) is 11.5 Å². The maximum atomic E-state index is 15.1. The predicted molar refractivity (Wildman–Crippen MR) is 130 cm³/mol. The van der Waals surface area contributed by atoms with E-state index in [1.54, 1.807) is 0 Å². The molecule has 1 aliphatic rings. The molecule has 2 atom stereocenters. The van der Waals surface area contributed by atoms with Crippen LogP contribution in [0.15, 0.2) is 24.3 Å². The van der Waals surface area contributed by atoms with Crippen molar-refractivity contribution < 1.29 is 13.2 Å². The van der Waals surface area contributed by atoms with E-state index in [1.165, 1.54) is 11.1 Å². The molecule has 170 valence electrons. The summed E-state index contributed by atoms with van der Waals surface area (Å²) in [5.41, 5.74) is 6.57. The highest BCUT2D eigenvalue weighted by atomic mass is 31.2. The van der Waals surface area contributed by atoms with Crippen LogP contribution in [0.2, 0.25) is 0 Å². The fourth-order valence-corrected chi connectivity index (χ4v) is 5.30. The number of aryl methyl sites for hydroxylation is 1. The first-order valence-electron chi connectivity index (χ1n) is 11.5. The van der Waals surface area contributed by atoms with Gasteiger partial charge in [-0.15, -0.1) is 4.20 Å². The molecule has 0 aliphatic carbocycles. The molecule has 3 rings (SSSR count). The molecule has 31 heavy (non-hydrogen) atoms. The quantitative estimate of drug-likeness (QED) is 0.439. The van der Waals surface area contributed by atoms with E-state index in [1.807, 2.05) is 6.92 Å². The van der Waals surface area contributed by atoms with Gasteiger partial charge in [-0.3, -0.25) is 0 Å². The summed E-state index contributed by atoms with van der Waals surface area (Å²) in [6.45, 7) is 19.6. The van der Waals surface area contributed by atoms with Crippen molar-refractivity contribution in [2.75, 3.05) is 0 Å². The molecule has 2 aromatic rings. The molecule has 0 radical (unpaired) electrons. The highest BCUT2D eigenvalue weighted by Crippen LogP contribution is 2.53. The lowest BCUT2D eigenvalue weighted by Crippen LogP contribution is -2.17. The fraction of sp³-hybridized carbons (Fsp3) is 0.556. The Morgan fingerprint density at radius 3 is 1.87 bits per heavy atom. The van der Waals surface area contributed by atoms with Crippen molar-refractivity contribution in [2.24, 2.45) is 11.8 Å². The van der Waals surface area contributed by atoms with Crippen molar-refractivity contribution in [2.45, 2.75) is 86.5 Å². The maximum Gasteiger partial charge on any atom is 0.505 e. The van der Waals surface area contributed by atoms with Gasteiger partial charge in [0.15, 0.2) is 0 Å². The Labute approximate surface area is 189 Å². The molecule has 0 fully saturated rings. The number of hydrogen-bond donors (Lipinski definition) is 0. The van der Waals surface area contributed by atoms with Gasteiger partial charge in [0.2, 0.25) is 0 Å². The van der Waals surface area contributed by atoms with Crippen LogP contribution in [-0.2, 0) is 18.3 Å². The van der Waals surface area contributed by atoms with E-state index < -0.39 is 8.69 Å². The second-order valence-electron chi connectivity index (χ2n) is 11.0. The molecule has 0 saturated heterocycles. The van der Waals surface area contributed by atoms with Crippen LogP contribution < -0.4 is 9.05 Å². The van der Waals surface area contributed by atoms with Crippen LogP contribution in [0.1, 0.15) is 94.7 Å². The minimum Gasteiger partial charge on any atom is -0.414 e. The maximum absolute atomic E-state index is 15.1. The molecule has 4 heteroatoms. The number of halogens is 1. The van der Waals surface area contributed by atoms with E-state index in [0.717, 1.165) is 35.1 Å². The van der Waals surface area contributed by atoms with Crippen LogP contribution in [-0.4, -0.2) is 0 Å². The van der Waals surface area contributed by atoms with E-state index >= 15 is 4.20 Å². The SMILES string of the molecule is Cc1cc(CC(C)C)cc2c1OP(F)Oc1c(cc(CC(C)C)cc1C(C)(C)C)C2C. The van der Waals surface area contributed by atoms with Gasteiger partial charge >= 0.3 is 8.69 Å². The first kappa shape index (κ1) is 24.1. The van der Waals surface area contributed by atoms with Gasteiger partial charge in [0, 0.05) is 22.6 Å². The molecule has 0 aromatic heterocycles. The molecule has 0 spiro atoms. The lowest BCUT2D eigenvalue weighted by Gasteiger charge is -2.31. The first-order chi connectivity index (χ1) is 14.4. The minimum atomic E-state index is -2.56. The van der Waals surface area contributed by atoms with Crippen LogP contribution in [0.25, 0.3) is 0 Å². The van der Waals surface area contributed by atoms with Crippen LogP contribution in [0.5, 0.6) is 11.5 Å². The van der Waals surface area contributed by atoms with Crippen molar-refractivity contribution in [3.63, 3.8) is 0 Å². The largest absolute Gasteiger partial charge is 0.505 e. The fourth-order valence-electron chi connectivity index (χ4n) is 4.53. The molecule has 2 unspecified atom stereocenters. The van der Waals surface area contributed by atoms with E-state index in [4.69, 9.17) is 9.05 Å². The summed E-state index contributed by atoms with van der Waals surface area (Å²) < 4.78 is 26.8. The predicted octanol–water partition coefficient (Wildman–Crippen LogP) is 8.81. The highest BCUT2D eigenvalue weighted by Gasteiger charge is 2.33. The smallest absolute Gasteiger partial charge is 0.414 e. The molecular formula is C27H38FO2P. The van der Waals surface area contributed by atoms with Crippen LogP contribution in [0.4, 0.5) is 4.20 Å². The third kappa shape index (κ3) is 5.43. The summed E-state index contributed by atoms with van der Waals surface area (Å²) in [5, 5.41) is 0. The van der Waals surface area contributed by atoms with Crippen LogP contribution in [0, 0.1) is 18.8 Å². The Balaban J connectivity index is 2.26. The van der Waals surface area contributed by atoms with Crippen molar-refractivity contribution >= 4 is 8.69 Å². The summed E-state index contributed by atoms with van der Waals surface area (Å²) in [5.74, 6) is 2.46. The van der Waals surface area contributed by atoms with Gasteiger partial charge in [-0.1, -0.05) is 79.7 Å². The van der Waals surface area contributed by atoms with Crippen LogP contribution >= 0.6 is 8.69 Å². The number of benzene rings is 2. The number of hydrogen-bond acceptors (Lipinski definition) is 2. The molecule has 0 bridgehead atoms. The average Bonchev–Trinajstić information content (AvgIpc) is 2.61. The lowest BCUT2D eigenvalue weighted by atomic mass is 9.79. The Bertz CT molecular complexity index is 943. The van der Waals surface area contributed by atoms with Gasteiger partial charge in [-0.2, -0.15) is 0 Å². The average molecular weight is 445 g/mol. The third-order valence-corrected chi connectivity index (χ3v) is 6.55. The standard InChI is InChI=1S/C27H38FO2P/c1-16(2)10-20-12-18(5)25-22(13-20)19(6)23-14-21(11-17(3)4)15-24(27(7,8)9)26(23)30-31(28)29-25/h12-17,19H,10-11H2,1-9H3. The van der Waals surface area contributed by atoms with Crippen molar-refractivity contribution in [3.8, 4) is 11.5 Å². The van der Waals surface area contributed by atoms with Crippen LogP contribution in [0.3, 0.4) is 0 Å². The molecule has 2 aromatic carbocycles. The molecule has 2 nitrogen and oxygen atoms in total. The Morgan fingerprint density at radius 2 is 1.35 bits per heavy atom. The lowest BCUT2D eigenvalue weighted by molar-refractivity contribution is 0.413. The van der Waals surface area contributed by atoms with Gasteiger partial charge in [0.25, 0.3) is 0 Å². The Hall–Kier alpha value is -1.60. The van der Waals surface area contributed by atoms with Crippen molar-refractivity contribution in [1.29, 1.82) is 0 Å². The molecular weight excluding hydrogens is 406 g/mol. The highest BCUT2D eigenvalue weighted by molar-refractivity contribution is 7.42. The summed E-state index contributed by atoms with van der Waals surface area (Å²) in [4.78, 5) is 0. The molecule has 0 amide bonds. The van der Waals surface area contributed by atoms with Gasteiger partial charge in [-0.25, -0.2) is 0 Å². The Kier molecular flexibility index (Phi) is 7.06. The van der Waals surface area contributed by atoms with Crippen molar-refractivity contribution in [1.82, 2.24) is 0 Å². The first-order valence-corrected chi connectivity index (χ1v) is 12.6. The Morgan fingerprint density at radius 1 is 0.871 bits per heavy atom.